The number of esters is 1. The quantitative estimate of drug-likeness (QED) is 0.471. The van der Waals surface area contributed by atoms with Crippen molar-refractivity contribution in [2.45, 2.75) is 79.1 Å². The zero-order valence-electron chi connectivity index (χ0n) is 22.6. The third-order valence-electron chi connectivity index (χ3n) is 6.19. The number of carbonyl (C=O) groups is 2. The Balaban J connectivity index is 0.000000907. The fourth-order valence-electron chi connectivity index (χ4n) is 4.44. The molecule has 37 heavy (non-hydrogen) atoms. The minimum absolute atomic E-state index is 0.0208. The molecular weight excluding hydrogens is 472 g/mol. The molecule has 10 nitrogen and oxygen atoms in total. The predicted molar refractivity (Wildman–Crippen MR) is 139 cm³/mol. The van der Waals surface area contributed by atoms with Crippen LogP contribution in [0.5, 0.6) is 5.88 Å². The molecule has 0 bridgehead atoms. The molecule has 4 heterocycles. The molecule has 1 amide bonds. The third-order valence-corrected chi connectivity index (χ3v) is 6.19. The summed E-state index contributed by atoms with van der Waals surface area (Å²) in [4.78, 5) is 33.4. The lowest BCUT2D eigenvalue weighted by molar-refractivity contribution is 0.00905. The average molecular weight is 509 g/mol. The second-order valence-electron chi connectivity index (χ2n) is 8.80. The summed E-state index contributed by atoms with van der Waals surface area (Å²) in [6.07, 6.45) is 4.13. The number of cyclic esters (lactones) is 1. The van der Waals surface area contributed by atoms with Gasteiger partial charge in [-0.3, -0.25) is 4.79 Å². The van der Waals surface area contributed by atoms with Gasteiger partial charge in [-0.05, 0) is 57.0 Å². The van der Waals surface area contributed by atoms with Gasteiger partial charge in [0, 0.05) is 17.8 Å². The van der Waals surface area contributed by atoms with Crippen LogP contribution in [0.3, 0.4) is 0 Å². The first-order valence-corrected chi connectivity index (χ1v) is 12.9. The Morgan fingerprint density at radius 1 is 1.11 bits per heavy atom. The van der Waals surface area contributed by atoms with Crippen molar-refractivity contribution in [3.63, 3.8) is 0 Å². The smallest absolute Gasteiger partial charge is 0.344 e. The van der Waals surface area contributed by atoms with Crippen molar-refractivity contribution in [1.82, 2.24) is 30.1 Å². The molecule has 1 aromatic carbocycles. The molecule has 0 radical (unpaired) electrons. The molecule has 2 aromatic heterocycles. The van der Waals surface area contributed by atoms with E-state index in [1.165, 1.54) is 11.1 Å². The lowest BCUT2D eigenvalue weighted by Crippen LogP contribution is -2.49. The van der Waals surface area contributed by atoms with Gasteiger partial charge in [0.05, 0.1) is 12.1 Å². The minimum Gasteiger partial charge on any atom is -0.472 e. The molecule has 0 aliphatic carbocycles. The van der Waals surface area contributed by atoms with E-state index in [0.29, 0.717) is 23.4 Å². The van der Waals surface area contributed by atoms with E-state index in [1.807, 2.05) is 54.5 Å². The van der Waals surface area contributed by atoms with Crippen LogP contribution in [0.15, 0.2) is 42.9 Å². The van der Waals surface area contributed by atoms with E-state index in [1.54, 1.807) is 35.4 Å². The molecule has 198 valence electrons. The summed E-state index contributed by atoms with van der Waals surface area (Å²) in [7, 11) is 0. The molecule has 1 saturated heterocycles. The maximum atomic E-state index is 13.5. The Labute approximate surface area is 218 Å². The summed E-state index contributed by atoms with van der Waals surface area (Å²) in [5.74, 6) is -0.331. The van der Waals surface area contributed by atoms with Gasteiger partial charge in [0.25, 0.3) is 5.91 Å². The first-order chi connectivity index (χ1) is 17.8. The number of aromatic nitrogens is 5. The van der Waals surface area contributed by atoms with E-state index >= 15 is 0 Å². The second-order valence-corrected chi connectivity index (χ2v) is 8.80. The van der Waals surface area contributed by atoms with E-state index < -0.39 is 11.6 Å². The number of hydrogen-bond acceptors (Lipinski definition) is 8. The number of carbonyl (C=O) groups excluding carboxylic acids is 2. The number of amides is 1. The van der Waals surface area contributed by atoms with Crippen molar-refractivity contribution in [3.05, 3.63) is 59.5 Å². The number of piperidine rings is 1. The molecule has 1 fully saturated rings. The monoisotopic (exact) mass is 508 g/mol. The van der Waals surface area contributed by atoms with Crippen LogP contribution in [0.4, 0.5) is 0 Å². The second kappa shape index (κ2) is 11.9. The minimum atomic E-state index is -0.727. The molecule has 2 atom stereocenters. The topological polar surface area (TPSA) is 112 Å². The molecule has 5 rings (SSSR count). The number of rotatable bonds is 4. The summed E-state index contributed by atoms with van der Waals surface area (Å²) in [5, 5.41) is 11.7. The first kappa shape index (κ1) is 27.8. The van der Waals surface area contributed by atoms with E-state index in [-0.39, 0.29) is 23.9 Å². The molecule has 2 aliphatic heterocycles. The van der Waals surface area contributed by atoms with E-state index in [0.717, 1.165) is 18.4 Å². The van der Waals surface area contributed by atoms with Gasteiger partial charge in [-0.1, -0.05) is 39.8 Å². The number of pyridine rings is 1. The predicted octanol–water partition coefficient (Wildman–Crippen LogP) is 4.59. The number of benzene rings is 1. The Morgan fingerprint density at radius 3 is 2.54 bits per heavy atom. The van der Waals surface area contributed by atoms with Gasteiger partial charge in [0.1, 0.15) is 23.0 Å². The largest absolute Gasteiger partial charge is 0.472 e. The summed E-state index contributed by atoms with van der Waals surface area (Å²) >= 11 is 0. The molecule has 0 spiro atoms. The number of tetrazole rings is 1. The number of para-hydroxylation sites is 1. The van der Waals surface area contributed by atoms with Gasteiger partial charge in [-0.15, -0.1) is 15.0 Å². The molecule has 2 aliphatic rings. The molecular formula is C27H36N6O4. The van der Waals surface area contributed by atoms with E-state index in [2.05, 4.69) is 20.4 Å². The van der Waals surface area contributed by atoms with Gasteiger partial charge < -0.3 is 14.4 Å². The first-order valence-electron chi connectivity index (χ1n) is 12.9. The normalized spacial score (nSPS) is 19.4. The van der Waals surface area contributed by atoms with Gasteiger partial charge in [-0.2, -0.15) is 0 Å². The zero-order chi connectivity index (χ0) is 27.2. The van der Waals surface area contributed by atoms with Crippen LogP contribution in [0.2, 0.25) is 0 Å². The standard InChI is InChI=1S/C23H24N6O4.2C2H6/c1-14-8-9-15(32-20-19-17(10-11-24-20)23(2,3)33-22(19)31)12-28(14)21(30)16-6-4-5-7-18(16)29-26-13-25-27-29;2*1-2/h4-7,10-11,13-15H,8-9,12H2,1-3H3;2*1-2H3/t14-,15-;;/m1../s1. The van der Waals surface area contributed by atoms with Crippen molar-refractivity contribution in [2.75, 3.05) is 6.54 Å². The van der Waals surface area contributed by atoms with E-state index in [9.17, 15) is 9.59 Å². The third kappa shape index (κ3) is 5.63. The highest BCUT2D eigenvalue weighted by molar-refractivity contribution is 5.98. The number of fused-ring (bicyclic) bond motifs is 1. The Bertz CT molecular complexity index is 1210. The number of ether oxygens (including phenoxy) is 2. The van der Waals surface area contributed by atoms with Crippen LogP contribution in [0.25, 0.3) is 5.69 Å². The number of nitrogens with zero attached hydrogens (tertiary/aromatic N) is 6. The fraction of sp³-hybridized carbons (Fsp3) is 0.481. The number of likely N-dealkylation sites (tertiary alicyclic amines) is 1. The van der Waals surface area contributed by atoms with Crippen molar-refractivity contribution in [1.29, 1.82) is 0 Å². The van der Waals surface area contributed by atoms with Crippen LogP contribution in [-0.4, -0.2) is 60.7 Å². The summed E-state index contributed by atoms with van der Waals surface area (Å²) in [6.45, 7) is 14.1. The molecule has 0 saturated carbocycles. The van der Waals surface area contributed by atoms with Crippen molar-refractivity contribution >= 4 is 11.9 Å². The highest BCUT2D eigenvalue weighted by Gasteiger charge is 2.41. The lowest BCUT2D eigenvalue weighted by Gasteiger charge is -2.38. The highest BCUT2D eigenvalue weighted by atomic mass is 16.6. The highest BCUT2D eigenvalue weighted by Crippen LogP contribution is 2.39. The van der Waals surface area contributed by atoms with Gasteiger partial charge in [-0.25, -0.2) is 9.78 Å². The summed E-state index contributed by atoms with van der Waals surface area (Å²) in [5.41, 5.74) is 1.43. The SMILES string of the molecule is CC.CC.C[C@@H]1CC[C@@H](Oc2nccc3c2C(=O)OC3(C)C)CN1C(=O)c1ccccc1-n1ncnn1. The molecule has 3 aromatic rings. The Hall–Kier alpha value is -3.82. The van der Waals surface area contributed by atoms with Crippen LogP contribution in [-0.2, 0) is 10.3 Å². The maximum Gasteiger partial charge on any atom is 0.344 e. The van der Waals surface area contributed by atoms with Gasteiger partial charge >= 0.3 is 5.97 Å². The number of hydrogen-bond donors (Lipinski definition) is 0. The van der Waals surface area contributed by atoms with E-state index in [4.69, 9.17) is 9.47 Å². The summed E-state index contributed by atoms with van der Waals surface area (Å²) < 4.78 is 11.7. The lowest BCUT2D eigenvalue weighted by atomic mass is 9.97. The van der Waals surface area contributed by atoms with Gasteiger partial charge in [0.2, 0.25) is 5.88 Å². The van der Waals surface area contributed by atoms with Crippen LogP contribution < -0.4 is 4.74 Å². The Morgan fingerprint density at radius 2 is 1.84 bits per heavy atom. The van der Waals surface area contributed by atoms with Gasteiger partial charge in [0.15, 0.2) is 6.33 Å². The van der Waals surface area contributed by atoms with Crippen LogP contribution in [0, 0.1) is 0 Å². The van der Waals surface area contributed by atoms with Crippen LogP contribution in [0.1, 0.15) is 87.6 Å². The van der Waals surface area contributed by atoms with Crippen molar-refractivity contribution in [3.8, 4) is 11.6 Å². The molecule has 10 heteroatoms. The Kier molecular flexibility index (Phi) is 8.96. The zero-order valence-corrected chi connectivity index (χ0v) is 22.6. The van der Waals surface area contributed by atoms with Crippen molar-refractivity contribution in [2.24, 2.45) is 0 Å². The van der Waals surface area contributed by atoms with Crippen molar-refractivity contribution < 1.29 is 19.1 Å². The molecule has 0 unspecified atom stereocenters. The van der Waals surface area contributed by atoms with Crippen LogP contribution >= 0.6 is 0 Å². The molecule has 0 N–H and O–H groups in total. The average Bonchev–Trinajstić information content (AvgIpc) is 3.54. The maximum absolute atomic E-state index is 13.5. The summed E-state index contributed by atoms with van der Waals surface area (Å²) in [6, 6.07) is 8.96. The fourth-order valence-corrected chi connectivity index (χ4v) is 4.44.